The second-order valence-corrected chi connectivity index (χ2v) is 0. The summed E-state index contributed by atoms with van der Waals surface area (Å²) >= 11 is 0. The summed E-state index contributed by atoms with van der Waals surface area (Å²) in [7, 11) is 0. The molecule has 0 atom stereocenters. The van der Waals surface area contributed by atoms with Crippen LogP contribution in [0.4, 0.5) is 0 Å². The first kappa shape index (κ1) is 33.1. The minimum Gasteiger partial charge on any atom is -0.344 e. The molecule has 0 aliphatic carbocycles. The molecular formula is H5AgNO2Ti. The third-order valence-corrected chi connectivity index (χ3v) is 0. The van der Waals surface area contributed by atoms with Crippen LogP contribution in [0.15, 0.2) is 0 Å². The maximum absolute atomic E-state index is 6.00. The van der Waals surface area contributed by atoms with Crippen LogP contribution in [0.5, 0.6) is 0 Å². The van der Waals surface area contributed by atoms with Crippen LogP contribution in [0.2, 0.25) is 0 Å². The Balaban J connectivity index is -0.00000000167. The zero-order chi connectivity index (χ0) is 2.00. The van der Waals surface area contributed by atoms with Crippen molar-refractivity contribution >= 4 is 0 Å². The van der Waals surface area contributed by atoms with Gasteiger partial charge in [0.2, 0.25) is 0 Å². The molecule has 0 unspecified atom stereocenters. The third kappa shape index (κ3) is 33.3. The van der Waals surface area contributed by atoms with Crippen LogP contribution < -0.4 is 6.15 Å². The SMILES string of the molecule is N.OO.[Ag].[Ti]. The Hall–Kier alpha value is 1.33. The molecule has 0 aromatic rings. The quantitative estimate of drug-likeness (QED) is 0.301. The molecule has 0 saturated carbocycles. The molecule has 0 amide bonds. The summed E-state index contributed by atoms with van der Waals surface area (Å²) in [5.74, 6) is 0. The van der Waals surface area contributed by atoms with Gasteiger partial charge in [0.15, 0.2) is 0 Å². The van der Waals surface area contributed by atoms with Crippen molar-refractivity contribution in [1.82, 2.24) is 6.15 Å². The normalized spacial score (nSPS) is 1.20. The third-order valence-electron chi connectivity index (χ3n) is 0. The number of hydrogen-bond donors (Lipinski definition) is 3. The van der Waals surface area contributed by atoms with Crippen molar-refractivity contribution in [3.63, 3.8) is 0 Å². The van der Waals surface area contributed by atoms with Crippen molar-refractivity contribution in [2.24, 2.45) is 0 Å². The second-order valence-electron chi connectivity index (χ2n) is 0. The minimum absolute atomic E-state index is 0. The van der Waals surface area contributed by atoms with Crippen molar-refractivity contribution in [3.8, 4) is 0 Å². The van der Waals surface area contributed by atoms with E-state index in [1.54, 1.807) is 0 Å². The monoisotopic (exact) mass is 206 g/mol. The molecule has 0 aliphatic rings. The van der Waals surface area contributed by atoms with Crippen LogP contribution >= 0.6 is 0 Å². The molecule has 0 heterocycles. The standard InChI is InChI=1S/Ag.H3N.H2O2.Ti/c;;1-2;/h;1H3;1-2H;. The Morgan fingerprint density at radius 2 is 1.00 bits per heavy atom. The van der Waals surface area contributed by atoms with Gasteiger partial charge < -0.3 is 6.15 Å². The number of rotatable bonds is 0. The zero-order valence-corrected chi connectivity index (χ0v) is 5.45. The van der Waals surface area contributed by atoms with E-state index in [9.17, 15) is 0 Å². The van der Waals surface area contributed by atoms with Gasteiger partial charge in [-0.3, -0.25) is 10.5 Å². The molecule has 0 aromatic heterocycles. The first-order chi connectivity index (χ1) is 1.00. The van der Waals surface area contributed by atoms with Gasteiger partial charge in [0.1, 0.15) is 0 Å². The fraction of sp³-hybridized carbons (Fsp3) is 0. The Kier molecular flexibility index (Phi) is 372. The van der Waals surface area contributed by atoms with E-state index in [1.807, 2.05) is 0 Å². The van der Waals surface area contributed by atoms with Crippen molar-refractivity contribution in [1.29, 1.82) is 0 Å². The molecule has 0 saturated heterocycles. The molecule has 0 aromatic carbocycles. The summed E-state index contributed by atoms with van der Waals surface area (Å²) in [6, 6.07) is 0. The largest absolute Gasteiger partial charge is 0.344 e. The number of hydrogen-bond acceptors (Lipinski definition) is 3. The molecule has 5 N–H and O–H groups in total. The summed E-state index contributed by atoms with van der Waals surface area (Å²) in [5, 5.41) is 12.0. The van der Waals surface area contributed by atoms with Crippen LogP contribution in [0.25, 0.3) is 0 Å². The van der Waals surface area contributed by atoms with Gasteiger partial charge in [-0.15, -0.1) is 0 Å². The van der Waals surface area contributed by atoms with Gasteiger partial charge in [-0.1, -0.05) is 0 Å². The fourth-order valence-electron chi connectivity index (χ4n) is 0. The van der Waals surface area contributed by atoms with Gasteiger partial charge in [-0.2, -0.15) is 0 Å². The second kappa shape index (κ2) is 56.3. The average Bonchev–Trinajstić information content (AvgIpc) is 1.00. The minimum atomic E-state index is 0. The Morgan fingerprint density at radius 3 is 1.00 bits per heavy atom. The Morgan fingerprint density at radius 1 is 1.00 bits per heavy atom. The van der Waals surface area contributed by atoms with Crippen molar-refractivity contribution in [3.05, 3.63) is 0 Å². The fourth-order valence-corrected chi connectivity index (χ4v) is 0. The van der Waals surface area contributed by atoms with E-state index < -0.39 is 0 Å². The molecule has 0 aliphatic heterocycles. The topological polar surface area (TPSA) is 75.5 Å². The van der Waals surface area contributed by atoms with E-state index in [0.717, 1.165) is 0 Å². The molecule has 5 heavy (non-hydrogen) atoms. The van der Waals surface area contributed by atoms with E-state index in [0.29, 0.717) is 0 Å². The summed E-state index contributed by atoms with van der Waals surface area (Å²) in [6.07, 6.45) is 0. The van der Waals surface area contributed by atoms with Crippen LogP contribution in [0.3, 0.4) is 0 Å². The van der Waals surface area contributed by atoms with Gasteiger partial charge in [0.25, 0.3) is 0 Å². The zero-order valence-electron chi connectivity index (χ0n) is 2.40. The first-order valence-electron chi connectivity index (χ1n) is 0.200. The molecule has 0 rings (SSSR count). The Labute approximate surface area is 60.7 Å². The maximum atomic E-state index is 6.00. The molecule has 37 valence electrons. The molecular weight excluding hydrogens is 202 g/mol. The van der Waals surface area contributed by atoms with E-state index in [-0.39, 0.29) is 50.2 Å². The molecule has 0 spiro atoms. The van der Waals surface area contributed by atoms with E-state index in [4.69, 9.17) is 10.5 Å². The van der Waals surface area contributed by atoms with Crippen LogP contribution in [0, 0.1) is 0 Å². The van der Waals surface area contributed by atoms with Crippen LogP contribution in [-0.2, 0) is 44.1 Å². The summed E-state index contributed by atoms with van der Waals surface area (Å²) < 4.78 is 0. The van der Waals surface area contributed by atoms with E-state index in [1.165, 1.54) is 0 Å². The first-order valence-corrected chi connectivity index (χ1v) is 0.200. The molecule has 0 bridgehead atoms. The molecule has 0 fully saturated rings. The van der Waals surface area contributed by atoms with Crippen molar-refractivity contribution in [2.45, 2.75) is 0 Å². The Bertz CT molecular complexity index is 9.61. The van der Waals surface area contributed by atoms with Gasteiger partial charge in [-0.25, -0.2) is 0 Å². The average molecular weight is 207 g/mol. The predicted octanol–water partition coefficient (Wildman–Crippen LogP) is 0.174. The maximum Gasteiger partial charge on any atom is 0 e. The van der Waals surface area contributed by atoms with Gasteiger partial charge in [0, 0.05) is 44.1 Å². The van der Waals surface area contributed by atoms with Crippen LogP contribution in [-0.4, -0.2) is 10.5 Å². The van der Waals surface area contributed by atoms with Gasteiger partial charge in [-0.05, 0) is 0 Å². The summed E-state index contributed by atoms with van der Waals surface area (Å²) in [6.45, 7) is 0. The molecule has 3 nitrogen and oxygen atoms in total. The molecule has 1 radical (unpaired) electrons. The van der Waals surface area contributed by atoms with Crippen LogP contribution in [0.1, 0.15) is 0 Å². The van der Waals surface area contributed by atoms with Crippen molar-refractivity contribution in [2.75, 3.05) is 0 Å². The van der Waals surface area contributed by atoms with Gasteiger partial charge in [0.05, 0.1) is 0 Å². The predicted molar refractivity (Wildman–Crippen MR) is 10.3 cm³/mol. The van der Waals surface area contributed by atoms with Gasteiger partial charge >= 0.3 is 0 Å². The smallest absolute Gasteiger partial charge is 0 e. The summed E-state index contributed by atoms with van der Waals surface area (Å²) in [4.78, 5) is 0. The summed E-state index contributed by atoms with van der Waals surface area (Å²) in [5.41, 5.74) is 0. The van der Waals surface area contributed by atoms with Crippen molar-refractivity contribution < 1.29 is 54.6 Å². The van der Waals surface area contributed by atoms with E-state index in [2.05, 4.69) is 0 Å². The molecule has 5 heteroatoms. The van der Waals surface area contributed by atoms with E-state index >= 15 is 0 Å².